The Morgan fingerprint density at radius 3 is 2.53 bits per heavy atom. The van der Waals surface area contributed by atoms with Gasteiger partial charge in [0.1, 0.15) is 6.61 Å². The summed E-state index contributed by atoms with van der Waals surface area (Å²) in [5.74, 6) is -0.0695. The Hall–Kier alpha value is -1.13. The van der Waals surface area contributed by atoms with Gasteiger partial charge in [-0.15, -0.1) is 0 Å². The average Bonchev–Trinajstić information content (AvgIpc) is 2.34. The van der Waals surface area contributed by atoms with Crippen LogP contribution in [0.1, 0.15) is 33.3 Å². The molecule has 0 aliphatic rings. The minimum Gasteiger partial charge on any atom is -0.488 e. The third-order valence-electron chi connectivity index (χ3n) is 2.70. The molecule has 1 unspecified atom stereocenters. The molecule has 0 aliphatic heterocycles. The maximum atomic E-state index is 13.8. The summed E-state index contributed by atoms with van der Waals surface area (Å²) in [6.07, 6.45) is -0.0540. The molecule has 108 valence electrons. The van der Waals surface area contributed by atoms with E-state index in [0.717, 1.165) is 5.56 Å². The van der Waals surface area contributed by atoms with E-state index in [4.69, 9.17) is 9.47 Å². The summed E-state index contributed by atoms with van der Waals surface area (Å²) in [6.45, 7) is 9.08. The summed E-state index contributed by atoms with van der Waals surface area (Å²) in [6, 6.07) is 5.04. The summed E-state index contributed by atoms with van der Waals surface area (Å²) < 4.78 is 24.3. The zero-order chi connectivity index (χ0) is 14.5. The van der Waals surface area contributed by atoms with Crippen LogP contribution in [0.5, 0.6) is 5.75 Å². The molecular weight excluding hydrogens is 245 g/mol. The fraction of sp³-hybridized carbons (Fsp3) is 0.600. The van der Waals surface area contributed by atoms with E-state index in [1.54, 1.807) is 13.2 Å². The van der Waals surface area contributed by atoms with Gasteiger partial charge < -0.3 is 14.8 Å². The van der Waals surface area contributed by atoms with Gasteiger partial charge in [-0.25, -0.2) is 4.39 Å². The highest BCUT2D eigenvalue weighted by Gasteiger charge is 2.10. The molecule has 19 heavy (non-hydrogen) atoms. The molecule has 0 fully saturated rings. The van der Waals surface area contributed by atoms with Crippen LogP contribution in [0.25, 0.3) is 0 Å². The predicted molar refractivity (Wildman–Crippen MR) is 75.0 cm³/mol. The Bertz CT molecular complexity index is 402. The van der Waals surface area contributed by atoms with Crippen LogP contribution in [-0.4, -0.2) is 25.4 Å². The normalized spacial score (nSPS) is 13.4. The molecule has 1 aromatic rings. The Kier molecular flexibility index (Phi) is 5.76. The molecule has 0 spiro atoms. The van der Waals surface area contributed by atoms with E-state index in [0.29, 0.717) is 13.2 Å². The standard InChI is InChI=1S/C15H24FNO2/c1-11(18-5)10-19-14-7-6-12(8-13(14)16)9-17-15(2,3)4/h6-8,11,17H,9-10H2,1-5H3. The topological polar surface area (TPSA) is 30.5 Å². The van der Waals surface area contributed by atoms with Crippen molar-refractivity contribution < 1.29 is 13.9 Å². The van der Waals surface area contributed by atoms with Gasteiger partial charge in [0.15, 0.2) is 11.6 Å². The highest BCUT2D eigenvalue weighted by atomic mass is 19.1. The molecule has 4 heteroatoms. The second kappa shape index (κ2) is 6.87. The maximum absolute atomic E-state index is 13.8. The van der Waals surface area contributed by atoms with Crippen LogP contribution in [0.3, 0.4) is 0 Å². The van der Waals surface area contributed by atoms with Crippen LogP contribution in [-0.2, 0) is 11.3 Å². The Balaban J connectivity index is 2.59. The van der Waals surface area contributed by atoms with Gasteiger partial charge in [-0.05, 0) is 45.4 Å². The highest BCUT2D eigenvalue weighted by molar-refractivity contribution is 5.29. The predicted octanol–water partition coefficient (Wildman–Crippen LogP) is 3.13. The molecule has 0 aromatic heterocycles. The van der Waals surface area contributed by atoms with Crippen molar-refractivity contribution in [3.63, 3.8) is 0 Å². The van der Waals surface area contributed by atoms with Gasteiger partial charge in [-0.2, -0.15) is 0 Å². The largest absolute Gasteiger partial charge is 0.488 e. The molecule has 0 bridgehead atoms. The first-order chi connectivity index (χ1) is 8.81. The minimum atomic E-state index is -0.337. The van der Waals surface area contributed by atoms with E-state index in [9.17, 15) is 4.39 Å². The molecule has 1 aromatic carbocycles. The first-order valence-electron chi connectivity index (χ1n) is 6.51. The van der Waals surface area contributed by atoms with Crippen LogP contribution >= 0.6 is 0 Å². The summed E-state index contributed by atoms with van der Waals surface area (Å²) in [5, 5.41) is 3.32. The van der Waals surface area contributed by atoms with Gasteiger partial charge in [-0.1, -0.05) is 6.07 Å². The van der Waals surface area contributed by atoms with Gasteiger partial charge in [0, 0.05) is 19.2 Å². The number of rotatable bonds is 6. The van der Waals surface area contributed by atoms with Crippen molar-refractivity contribution in [1.82, 2.24) is 5.32 Å². The summed E-state index contributed by atoms with van der Waals surface area (Å²) in [7, 11) is 1.60. The molecule has 0 radical (unpaired) electrons. The zero-order valence-corrected chi connectivity index (χ0v) is 12.4. The number of hydrogen-bond acceptors (Lipinski definition) is 3. The van der Waals surface area contributed by atoms with Crippen LogP contribution in [0.4, 0.5) is 4.39 Å². The number of methoxy groups -OCH3 is 1. The fourth-order valence-corrected chi connectivity index (χ4v) is 1.41. The van der Waals surface area contributed by atoms with Crippen LogP contribution in [0.2, 0.25) is 0 Å². The number of halogens is 1. The molecule has 1 rings (SSSR count). The Labute approximate surface area is 115 Å². The van der Waals surface area contributed by atoms with Crippen molar-refractivity contribution >= 4 is 0 Å². The molecule has 0 saturated heterocycles. The molecule has 3 nitrogen and oxygen atoms in total. The average molecular weight is 269 g/mol. The fourth-order valence-electron chi connectivity index (χ4n) is 1.41. The van der Waals surface area contributed by atoms with E-state index in [1.807, 2.05) is 13.0 Å². The second-order valence-electron chi connectivity index (χ2n) is 5.73. The second-order valence-corrected chi connectivity index (χ2v) is 5.73. The monoisotopic (exact) mass is 269 g/mol. The molecule has 0 amide bonds. The number of ether oxygens (including phenoxy) is 2. The van der Waals surface area contributed by atoms with E-state index in [1.165, 1.54) is 6.07 Å². The third-order valence-corrected chi connectivity index (χ3v) is 2.70. The number of benzene rings is 1. The summed E-state index contributed by atoms with van der Waals surface area (Å²) >= 11 is 0. The van der Waals surface area contributed by atoms with Crippen molar-refractivity contribution in [2.24, 2.45) is 0 Å². The molecule has 0 heterocycles. The van der Waals surface area contributed by atoms with Crippen molar-refractivity contribution in [2.45, 2.75) is 45.9 Å². The van der Waals surface area contributed by atoms with Crippen molar-refractivity contribution in [3.05, 3.63) is 29.6 Å². The molecule has 1 atom stereocenters. The van der Waals surface area contributed by atoms with Crippen LogP contribution < -0.4 is 10.1 Å². The Morgan fingerprint density at radius 2 is 2.00 bits per heavy atom. The smallest absolute Gasteiger partial charge is 0.165 e. The van der Waals surface area contributed by atoms with Gasteiger partial charge in [-0.3, -0.25) is 0 Å². The van der Waals surface area contributed by atoms with Crippen molar-refractivity contribution in [2.75, 3.05) is 13.7 Å². The lowest BCUT2D eigenvalue weighted by molar-refractivity contribution is 0.0702. The van der Waals surface area contributed by atoms with Crippen LogP contribution in [0, 0.1) is 5.82 Å². The highest BCUT2D eigenvalue weighted by Crippen LogP contribution is 2.19. The summed E-state index contributed by atoms with van der Waals surface area (Å²) in [5.41, 5.74) is 0.916. The molecular formula is C15H24FNO2. The lowest BCUT2D eigenvalue weighted by atomic mass is 10.1. The lowest BCUT2D eigenvalue weighted by Crippen LogP contribution is -2.35. The van der Waals surface area contributed by atoms with Crippen LogP contribution in [0.15, 0.2) is 18.2 Å². The quantitative estimate of drug-likeness (QED) is 0.860. The van der Waals surface area contributed by atoms with Gasteiger partial charge in [0.25, 0.3) is 0 Å². The van der Waals surface area contributed by atoms with Gasteiger partial charge >= 0.3 is 0 Å². The minimum absolute atomic E-state index is 0.0134. The SMILES string of the molecule is COC(C)COc1ccc(CNC(C)(C)C)cc1F. The van der Waals surface area contributed by atoms with Crippen molar-refractivity contribution in [3.8, 4) is 5.75 Å². The maximum Gasteiger partial charge on any atom is 0.165 e. The first kappa shape index (κ1) is 15.9. The van der Waals surface area contributed by atoms with Crippen molar-refractivity contribution in [1.29, 1.82) is 0 Å². The molecule has 0 saturated carbocycles. The summed E-state index contributed by atoms with van der Waals surface area (Å²) in [4.78, 5) is 0. The lowest BCUT2D eigenvalue weighted by Gasteiger charge is -2.20. The van der Waals surface area contributed by atoms with Gasteiger partial charge in [0.05, 0.1) is 6.10 Å². The van der Waals surface area contributed by atoms with Gasteiger partial charge in [0.2, 0.25) is 0 Å². The first-order valence-corrected chi connectivity index (χ1v) is 6.51. The van der Waals surface area contributed by atoms with E-state index in [-0.39, 0.29) is 23.2 Å². The van der Waals surface area contributed by atoms with E-state index < -0.39 is 0 Å². The Morgan fingerprint density at radius 1 is 1.32 bits per heavy atom. The van der Waals surface area contributed by atoms with E-state index >= 15 is 0 Å². The molecule has 1 N–H and O–H groups in total. The number of hydrogen-bond donors (Lipinski definition) is 1. The molecule has 0 aliphatic carbocycles. The van der Waals surface area contributed by atoms with E-state index in [2.05, 4.69) is 26.1 Å². The third kappa shape index (κ3) is 6.03. The zero-order valence-electron chi connectivity index (χ0n) is 12.4. The number of nitrogens with one attached hydrogen (secondary N) is 1.